The summed E-state index contributed by atoms with van der Waals surface area (Å²) in [6, 6.07) is 17.3. The molecule has 6 nitrogen and oxygen atoms in total. The minimum absolute atomic E-state index is 0.145. The zero-order valence-corrected chi connectivity index (χ0v) is 15.5. The third-order valence-electron chi connectivity index (χ3n) is 4.01. The summed E-state index contributed by atoms with van der Waals surface area (Å²) in [4.78, 5) is 29.0. The molecule has 3 rings (SSSR count). The molecule has 2 amide bonds. The van der Waals surface area contributed by atoms with Gasteiger partial charge in [0.2, 0.25) is 0 Å². The Hall–Kier alpha value is -3.98. The average molecular weight is 370 g/mol. The van der Waals surface area contributed by atoms with Crippen LogP contribution in [0.4, 0.5) is 11.4 Å². The van der Waals surface area contributed by atoms with Crippen LogP contribution in [-0.2, 0) is 0 Å². The van der Waals surface area contributed by atoms with E-state index in [2.05, 4.69) is 15.6 Å². The van der Waals surface area contributed by atoms with Gasteiger partial charge in [-0.3, -0.25) is 14.6 Å². The Kier molecular flexibility index (Phi) is 5.47. The summed E-state index contributed by atoms with van der Waals surface area (Å²) < 4.78 is 0. The summed E-state index contributed by atoms with van der Waals surface area (Å²) in [5, 5.41) is 14.4. The van der Waals surface area contributed by atoms with Gasteiger partial charge in [0, 0.05) is 23.1 Å². The smallest absolute Gasteiger partial charge is 0.274 e. The van der Waals surface area contributed by atoms with Gasteiger partial charge in [-0.25, -0.2) is 0 Å². The summed E-state index contributed by atoms with van der Waals surface area (Å²) in [7, 11) is 0. The van der Waals surface area contributed by atoms with Gasteiger partial charge in [-0.15, -0.1) is 0 Å². The van der Waals surface area contributed by atoms with E-state index in [9.17, 15) is 9.59 Å². The van der Waals surface area contributed by atoms with E-state index in [1.807, 2.05) is 38.1 Å². The predicted octanol–water partition coefficient (Wildman–Crippen LogP) is 4.07. The molecule has 0 fully saturated rings. The minimum atomic E-state index is -0.391. The Morgan fingerprint density at radius 1 is 0.857 bits per heavy atom. The van der Waals surface area contributed by atoms with Crippen molar-refractivity contribution in [3.05, 3.63) is 88.7 Å². The van der Waals surface area contributed by atoms with Crippen LogP contribution in [0.15, 0.2) is 60.8 Å². The number of hydrogen-bond acceptors (Lipinski definition) is 4. The van der Waals surface area contributed by atoms with E-state index in [0.717, 1.165) is 11.1 Å². The molecule has 0 atom stereocenters. The SMILES string of the molecule is Cc1cc(C)cc(NC(=O)c2cc(C(=O)Nc3ccc(C#N)cc3)ccn2)c1. The number of rotatable bonds is 4. The maximum atomic E-state index is 12.5. The molecule has 0 spiro atoms. The minimum Gasteiger partial charge on any atom is -0.322 e. The van der Waals surface area contributed by atoms with Crippen molar-refractivity contribution >= 4 is 23.2 Å². The first-order valence-corrected chi connectivity index (χ1v) is 8.62. The van der Waals surface area contributed by atoms with E-state index in [1.165, 1.54) is 18.3 Å². The first-order chi connectivity index (χ1) is 13.4. The second-order valence-electron chi connectivity index (χ2n) is 6.40. The zero-order chi connectivity index (χ0) is 20.1. The van der Waals surface area contributed by atoms with Gasteiger partial charge in [0.25, 0.3) is 11.8 Å². The highest BCUT2D eigenvalue weighted by molar-refractivity contribution is 6.07. The Bertz CT molecular complexity index is 1060. The van der Waals surface area contributed by atoms with Crippen LogP contribution >= 0.6 is 0 Å². The van der Waals surface area contributed by atoms with Crippen molar-refractivity contribution < 1.29 is 9.59 Å². The van der Waals surface area contributed by atoms with Crippen molar-refractivity contribution in [3.63, 3.8) is 0 Å². The number of pyridine rings is 1. The summed E-state index contributed by atoms with van der Waals surface area (Å²) in [5.74, 6) is -0.759. The van der Waals surface area contributed by atoms with E-state index in [1.54, 1.807) is 24.3 Å². The second kappa shape index (κ2) is 8.14. The van der Waals surface area contributed by atoms with Crippen molar-refractivity contribution in [1.82, 2.24) is 4.98 Å². The average Bonchev–Trinajstić information content (AvgIpc) is 2.68. The molecule has 0 unspecified atom stereocenters. The lowest BCUT2D eigenvalue weighted by Crippen LogP contribution is -2.17. The van der Waals surface area contributed by atoms with E-state index in [0.29, 0.717) is 22.5 Å². The molecule has 2 N–H and O–H groups in total. The van der Waals surface area contributed by atoms with Crippen LogP contribution in [0, 0.1) is 25.2 Å². The molecule has 6 heteroatoms. The lowest BCUT2D eigenvalue weighted by atomic mass is 10.1. The molecule has 1 aromatic heterocycles. The normalized spacial score (nSPS) is 10.0. The van der Waals surface area contributed by atoms with Crippen LogP contribution in [0.2, 0.25) is 0 Å². The quantitative estimate of drug-likeness (QED) is 0.723. The number of nitriles is 1. The fourth-order valence-electron chi connectivity index (χ4n) is 2.77. The topological polar surface area (TPSA) is 94.9 Å². The van der Waals surface area contributed by atoms with E-state index >= 15 is 0 Å². The fourth-order valence-corrected chi connectivity index (χ4v) is 2.77. The number of aromatic nitrogens is 1. The molecule has 0 saturated carbocycles. The molecule has 0 aliphatic heterocycles. The number of amides is 2. The highest BCUT2D eigenvalue weighted by Crippen LogP contribution is 2.15. The van der Waals surface area contributed by atoms with E-state index in [-0.39, 0.29) is 11.6 Å². The molecule has 138 valence electrons. The number of anilines is 2. The van der Waals surface area contributed by atoms with Crippen molar-refractivity contribution in [2.75, 3.05) is 10.6 Å². The second-order valence-corrected chi connectivity index (χ2v) is 6.40. The highest BCUT2D eigenvalue weighted by atomic mass is 16.2. The van der Waals surface area contributed by atoms with Crippen LogP contribution in [0.5, 0.6) is 0 Å². The van der Waals surface area contributed by atoms with Gasteiger partial charge in [-0.05, 0) is 73.5 Å². The van der Waals surface area contributed by atoms with Crippen LogP contribution in [0.1, 0.15) is 37.5 Å². The van der Waals surface area contributed by atoms with E-state index < -0.39 is 5.91 Å². The Balaban J connectivity index is 1.74. The lowest BCUT2D eigenvalue weighted by Gasteiger charge is -2.09. The van der Waals surface area contributed by atoms with Gasteiger partial charge in [0.15, 0.2) is 0 Å². The van der Waals surface area contributed by atoms with E-state index in [4.69, 9.17) is 5.26 Å². The highest BCUT2D eigenvalue weighted by Gasteiger charge is 2.13. The van der Waals surface area contributed by atoms with Crippen LogP contribution in [-0.4, -0.2) is 16.8 Å². The maximum absolute atomic E-state index is 12.5. The van der Waals surface area contributed by atoms with Crippen LogP contribution < -0.4 is 10.6 Å². The van der Waals surface area contributed by atoms with Crippen molar-refractivity contribution in [2.24, 2.45) is 0 Å². The number of hydrogen-bond donors (Lipinski definition) is 2. The number of aryl methyl sites for hydroxylation is 2. The molecule has 0 radical (unpaired) electrons. The fraction of sp³-hybridized carbons (Fsp3) is 0.0909. The van der Waals surface area contributed by atoms with Gasteiger partial charge in [0.1, 0.15) is 5.69 Å². The monoisotopic (exact) mass is 370 g/mol. The number of carbonyl (C=O) groups is 2. The zero-order valence-electron chi connectivity index (χ0n) is 15.5. The third-order valence-corrected chi connectivity index (χ3v) is 4.01. The summed E-state index contributed by atoms with van der Waals surface area (Å²) in [5.41, 5.74) is 4.28. The molecule has 1 heterocycles. The molecule has 0 aliphatic rings. The molecular weight excluding hydrogens is 352 g/mol. The molecule has 3 aromatic rings. The summed E-state index contributed by atoms with van der Waals surface area (Å²) >= 11 is 0. The van der Waals surface area contributed by atoms with Crippen molar-refractivity contribution in [1.29, 1.82) is 5.26 Å². The Morgan fingerprint density at radius 3 is 2.14 bits per heavy atom. The molecule has 28 heavy (non-hydrogen) atoms. The third kappa shape index (κ3) is 4.59. The number of carbonyl (C=O) groups excluding carboxylic acids is 2. The first-order valence-electron chi connectivity index (χ1n) is 8.62. The number of benzene rings is 2. The summed E-state index contributed by atoms with van der Waals surface area (Å²) in [6.45, 7) is 3.91. The van der Waals surface area contributed by atoms with Gasteiger partial charge in [-0.2, -0.15) is 5.26 Å². The molecular formula is C22H18N4O2. The summed E-state index contributed by atoms with van der Waals surface area (Å²) in [6.07, 6.45) is 1.42. The van der Waals surface area contributed by atoms with Crippen molar-refractivity contribution in [2.45, 2.75) is 13.8 Å². The van der Waals surface area contributed by atoms with Gasteiger partial charge >= 0.3 is 0 Å². The van der Waals surface area contributed by atoms with Gasteiger partial charge < -0.3 is 10.6 Å². The molecule has 0 saturated heterocycles. The standard InChI is InChI=1S/C22H18N4O2/c1-14-9-15(2)11-19(10-14)26-22(28)20-12-17(7-8-24-20)21(27)25-18-5-3-16(13-23)4-6-18/h3-12H,1-2H3,(H,25,27)(H,26,28). The lowest BCUT2D eigenvalue weighted by molar-refractivity contribution is 0.102. The molecule has 0 bridgehead atoms. The van der Waals surface area contributed by atoms with Gasteiger partial charge in [-0.1, -0.05) is 6.07 Å². The predicted molar refractivity (Wildman–Crippen MR) is 107 cm³/mol. The Morgan fingerprint density at radius 2 is 1.50 bits per heavy atom. The van der Waals surface area contributed by atoms with Gasteiger partial charge in [0.05, 0.1) is 11.6 Å². The van der Waals surface area contributed by atoms with Crippen LogP contribution in [0.3, 0.4) is 0 Å². The molecule has 2 aromatic carbocycles. The number of nitrogens with zero attached hydrogens (tertiary/aromatic N) is 2. The van der Waals surface area contributed by atoms with Crippen molar-refractivity contribution in [3.8, 4) is 6.07 Å². The largest absolute Gasteiger partial charge is 0.322 e. The number of nitrogens with one attached hydrogen (secondary N) is 2. The Labute approximate surface area is 162 Å². The maximum Gasteiger partial charge on any atom is 0.274 e. The molecule has 0 aliphatic carbocycles. The van der Waals surface area contributed by atoms with Crippen LogP contribution in [0.25, 0.3) is 0 Å². The first kappa shape index (κ1) is 18.8.